The molecule has 5 aromatic heterocycles. The second-order valence-electron chi connectivity index (χ2n) is 17.6. The number of nitriles is 1. The number of carbonyl (C=O) groups excluding carboxylic acids is 4. The van der Waals surface area contributed by atoms with E-state index in [9.17, 15) is 24.4 Å². The third-order valence-corrected chi connectivity index (χ3v) is 10.6. The predicted molar refractivity (Wildman–Crippen MR) is 259 cm³/mol. The molecule has 28 heteroatoms. The lowest BCUT2D eigenvalue weighted by Crippen LogP contribution is -2.16. The summed E-state index contributed by atoms with van der Waals surface area (Å²) in [6.07, 6.45) is 2.46. The summed E-state index contributed by atoms with van der Waals surface area (Å²) < 4.78 is 29.8. The molecule has 0 saturated carbocycles. The number of anilines is 2. The maximum absolute atomic E-state index is 12.6. The molecule has 0 amide bonds. The minimum absolute atomic E-state index is 0.00956. The topological polar surface area (TPSA) is 354 Å². The lowest BCUT2D eigenvalue weighted by atomic mass is 9.91. The van der Waals surface area contributed by atoms with Crippen LogP contribution in [0.15, 0.2) is 69.2 Å². The number of hydrogen-bond acceptors (Lipinski definition) is 23. The number of nitrogens with two attached hydrogens (primary N) is 2. The summed E-state index contributed by atoms with van der Waals surface area (Å²) >= 11 is 0. The highest BCUT2D eigenvalue weighted by molar-refractivity contribution is 5.97. The summed E-state index contributed by atoms with van der Waals surface area (Å²) in [5.74, 6) is -3.82. The molecule has 5 heterocycles. The standard InChI is InChI=1S/C46H45N19O9/c1-45(2,3)32-30(56-58-36-26(19-47)20-51-62(36)27-15-22(38(66)70-8)13-23(16-27)39(67)71-9)34(48)64(60-32)42-53-43(55-44(54-42)74-12)65-35(49)31(33(61-65)46(4,5)6)57-59-37-29(50-7)21-52-63(37)28-17-24(40(68)72-10)14-25(18-28)41(69)73-11/h13-18,20-21H,48-49H2,1-6,8-12H3. The van der Waals surface area contributed by atoms with Crippen molar-refractivity contribution in [2.75, 3.05) is 47.0 Å². The Morgan fingerprint density at radius 2 is 0.986 bits per heavy atom. The van der Waals surface area contributed by atoms with Crippen molar-refractivity contribution in [2.24, 2.45) is 20.5 Å². The van der Waals surface area contributed by atoms with E-state index in [1.165, 1.54) is 103 Å². The fraction of sp³-hybridized carbons (Fsp3) is 0.283. The lowest BCUT2D eigenvalue weighted by Gasteiger charge is -2.15. The number of benzene rings is 2. The summed E-state index contributed by atoms with van der Waals surface area (Å²) in [5.41, 5.74) is 13.0. The van der Waals surface area contributed by atoms with Gasteiger partial charge in [0, 0.05) is 10.8 Å². The number of esters is 4. The molecule has 0 aliphatic heterocycles. The predicted octanol–water partition coefficient (Wildman–Crippen LogP) is 6.78. The summed E-state index contributed by atoms with van der Waals surface area (Å²) in [5, 5.41) is 46.0. The molecule has 2 aromatic carbocycles. The first-order chi connectivity index (χ1) is 35.1. The quantitative estimate of drug-likeness (QED) is 0.0520. The van der Waals surface area contributed by atoms with Crippen LogP contribution in [0.5, 0.6) is 6.01 Å². The maximum atomic E-state index is 12.6. The number of carbonyl (C=O) groups is 4. The summed E-state index contributed by atoms with van der Waals surface area (Å²) in [4.78, 5) is 67.5. The van der Waals surface area contributed by atoms with E-state index in [0.717, 1.165) is 0 Å². The van der Waals surface area contributed by atoms with Crippen LogP contribution in [-0.4, -0.2) is 114 Å². The minimum Gasteiger partial charge on any atom is -0.467 e. The van der Waals surface area contributed by atoms with Gasteiger partial charge in [-0.05, 0) is 36.4 Å². The van der Waals surface area contributed by atoms with Crippen molar-refractivity contribution >= 4 is 64.2 Å². The van der Waals surface area contributed by atoms with Gasteiger partial charge in [0.25, 0.3) is 17.6 Å². The third-order valence-electron chi connectivity index (χ3n) is 10.6. The van der Waals surface area contributed by atoms with Gasteiger partial charge in [-0.2, -0.15) is 50.0 Å². The first-order valence-electron chi connectivity index (χ1n) is 21.6. The monoisotopic (exact) mass is 1010 g/mol. The van der Waals surface area contributed by atoms with Gasteiger partial charge in [-0.25, -0.2) is 33.4 Å². The Morgan fingerprint density at radius 3 is 1.35 bits per heavy atom. The number of ether oxygens (including phenoxy) is 5. The molecule has 0 fully saturated rings. The number of azo groups is 2. The third kappa shape index (κ3) is 9.90. The van der Waals surface area contributed by atoms with E-state index in [2.05, 4.69) is 50.5 Å². The van der Waals surface area contributed by atoms with Crippen molar-refractivity contribution in [3.8, 4) is 35.4 Å². The zero-order valence-corrected chi connectivity index (χ0v) is 41.6. The molecule has 0 atom stereocenters. The van der Waals surface area contributed by atoms with Crippen molar-refractivity contribution in [3.63, 3.8) is 0 Å². The summed E-state index contributed by atoms with van der Waals surface area (Å²) in [6.45, 7) is 18.9. The van der Waals surface area contributed by atoms with E-state index in [4.69, 9.17) is 51.9 Å². The van der Waals surface area contributed by atoms with Crippen LogP contribution in [0.4, 0.5) is 40.3 Å². The summed E-state index contributed by atoms with van der Waals surface area (Å²) in [6, 6.07) is 9.91. The number of methoxy groups -OCH3 is 5. The highest BCUT2D eigenvalue weighted by Crippen LogP contribution is 2.41. The molecule has 4 N–H and O–H groups in total. The number of rotatable bonds is 13. The Labute approximate surface area is 420 Å². The SMILES string of the molecule is [C-]#[N+]c1cnn(-c2cc(C(=O)OC)cc(C(=O)OC)c2)c1N=Nc1c(C(C)(C)C)nn(-c2nc(OC)nc(-n3nc(C(C)(C)C)c(N=Nc4c(C#N)cnn4-c4cc(C(=O)OC)cc(C(=O)OC)c4)c3N)n2)c1N. The first kappa shape index (κ1) is 51.6. The van der Waals surface area contributed by atoms with Crippen LogP contribution in [0.3, 0.4) is 0 Å². The van der Waals surface area contributed by atoms with Crippen molar-refractivity contribution in [1.82, 2.24) is 54.1 Å². The maximum Gasteiger partial charge on any atom is 0.337 e. The molecule has 0 radical (unpaired) electrons. The van der Waals surface area contributed by atoms with Crippen LogP contribution < -0.4 is 16.2 Å². The Hall–Kier alpha value is -10.2. The van der Waals surface area contributed by atoms with Crippen molar-refractivity contribution < 1.29 is 42.9 Å². The molecule has 28 nitrogen and oxygen atoms in total. The molecule has 0 unspecified atom stereocenters. The van der Waals surface area contributed by atoms with Gasteiger partial charge >= 0.3 is 29.9 Å². The number of nitrogen functional groups attached to an aromatic ring is 2. The van der Waals surface area contributed by atoms with Crippen LogP contribution in [0, 0.1) is 17.9 Å². The van der Waals surface area contributed by atoms with E-state index in [1.807, 2.05) is 47.6 Å². The van der Waals surface area contributed by atoms with E-state index in [1.54, 1.807) is 0 Å². The Morgan fingerprint density at radius 1 is 0.595 bits per heavy atom. The Balaban J connectivity index is 1.34. The van der Waals surface area contributed by atoms with Gasteiger partial charge in [-0.1, -0.05) is 41.5 Å². The van der Waals surface area contributed by atoms with Gasteiger partial charge in [-0.15, -0.1) is 20.5 Å². The van der Waals surface area contributed by atoms with Gasteiger partial charge in [0.05, 0.1) is 99.5 Å². The largest absolute Gasteiger partial charge is 0.467 e. The molecule has 378 valence electrons. The smallest absolute Gasteiger partial charge is 0.337 e. The lowest BCUT2D eigenvalue weighted by molar-refractivity contribution is 0.0581. The first-order valence-corrected chi connectivity index (χ1v) is 21.6. The van der Waals surface area contributed by atoms with Crippen molar-refractivity contribution in [2.45, 2.75) is 52.4 Å². The number of nitrogens with zero attached hydrogens (tertiary/aromatic N) is 17. The van der Waals surface area contributed by atoms with Gasteiger partial charge < -0.3 is 35.2 Å². The Bertz CT molecular complexity index is 3260. The molecule has 74 heavy (non-hydrogen) atoms. The molecular formula is C46H45N19O9. The van der Waals surface area contributed by atoms with Gasteiger partial charge in [0.2, 0.25) is 0 Å². The van der Waals surface area contributed by atoms with E-state index < -0.39 is 34.7 Å². The molecule has 0 bridgehead atoms. The molecule has 0 aliphatic rings. The highest BCUT2D eigenvalue weighted by atomic mass is 16.5. The highest BCUT2D eigenvalue weighted by Gasteiger charge is 2.32. The van der Waals surface area contributed by atoms with Crippen molar-refractivity contribution in [1.29, 1.82) is 5.26 Å². The van der Waals surface area contributed by atoms with Gasteiger partial charge in [0.1, 0.15) is 11.6 Å². The van der Waals surface area contributed by atoms with Gasteiger partial charge in [0.15, 0.2) is 34.6 Å². The van der Waals surface area contributed by atoms with Crippen LogP contribution in [0.25, 0.3) is 28.1 Å². The molecular weight excluding hydrogens is 963 g/mol. The normalized spacial score (nSPS) is 11.6. The summed E-state index contributed by atoms with van der Waals surface area (Å²) in [7, 11) is 6.04. The zero-order valence-electron chi connectivity index (χ0n) is 41.6. The van der Waals surface area contributed by atoms with E-state index >= 15 is 0 Å². The average Bonchev–Trinajstić information content (AvgIpc) is 4.18. The zero-order chi connectivity index (χ0) is 54.0. The van der Waals surface area contributed by atoms with Crippen LogP contribution in [0.2, 0.25) is 0 Å². The molecule has 0 aliphatic carbocycles. The fourth-order valence-corrected chi connectivity index (χ4v) is 6.98. The number of hydrogen-bond donors (Lipinski definition) is 2. The molecule has 0 spiro atoms. The second kappa shape index (κ2) is 20.2. The van der Waals surface area contributed by atoms with E-state index in [0.29, 0.717) is 11.4 Å². The van der Waals surface area contributed by atoms with Gasteiger partial charge in [-0.3, -0.25) is 0 Å². The Kier molecular flexibility index (Phi) is 14.1. The van der Waals surface area contributed by atoms with Crippen molar-refractivity contribution in [3.05, 3.63) is 99.4 Å². The fourth-order valence-electron chi connectivity index (χ4n) is 6.98. The molecule has 0 saturated heterocycles. The molecule has 7 aromatic rings. The minimum atomic E-state index is -0.763. The molecule has 7 rings (SSSR count). The second-order valence-corrected chi connectivity index (χ2v) is 17.6. The number of aromatic nitrogens is 11. The van der Waals surface area contributed by atoms with Crippen LogP contribution >= 0.6 is 0 Å². The van der Waals surface area contributed by atoms with Crippen LogP contribution in [0.1, 0.15) is 99.9 Å². The van der Waals surface area contributed by atoms with Crippen LogP contribution in [-0.2, 0) is 29.8 Å². The van der Waals surface area contributed by atoms with E-state index in [-0.39, 0.29) is 97.4 Å². The average molecular weight is 1010 g/mol.